The first-order valence-corrected chi connectivity index (χ1v) is 17.2. The number of benzene rings is 1. The van der Waals surface area contributed by atoms with Crippen LogP contribution < -0.4 is 16.4 Å². The third-order valence-electron chi connectivity index (χ3n) is 7.74. The van der Waals surface area contributed by atoms with Crippen molar-refractivity contribution in [2.24, 2.45) is 11.7 Å². The quantitative estimate of drug-likeness (QED) is 0.374. The summed E-state index contributed by atoms with van der Waals surface area (Å²) in [5.41, 5.74) is 11.2. The number of hydrogen-bond acceptors (Lipinski definition) is 6. The zero-order chi connectivity index (χ0) is 28.7. The molecule has 0 aromatic heterocycles. The highest BCUT2D eigenvalue weighted by Crippen LogP contribution is 2.31. The molecule has 2 aliphatic rings. The minimum atomic E-state index is -3.26. The van der Waals surface area contributed by atoms with E-state index in [1.807, 2.05) is 37.3 Å². The van der Waals surface area contributed by atoms with Gasteiger partial charge in [0.1, 0.15) is 6.26 Å². The lowest BCUT2D eigenvalue weighted by Gasteiger charge is -2.35. The fourth-order valence-electron chi connectivity index (χ4n) is 5.58. The number of nitrogens with zero attached hydrogens (tertiary/aromatic N) is 1. The standard InChI is InChI=1S/C29H44N4O4S2/c1-6-25-20(2)13-15-26(29(30)34)28(32-22-10-9-12-24(18-22)38(4)35)21(3)14-16-27(25)31-19-23-11-7-8-17-33(23)39(5,36)37/h9-10,12,15,18,20,23,31-32H,6-8,11,13-14,16-17,19H2,1-5H3,(H2,30,34)/b26-15-,27-25+,28-21-. The molecule has 1 aromatic rings. The van der Waals surface area contributed by atoms with Gasteiger partial charge in [0.25, 0.3) is 0 Å². The van der Waals surface area contributed by atoms with Gasteiger partial charge in [0.2, 0.25) is 15.9 Å². The molecule has 1 amide bonds. The number of rotatable bonds is 9. The van der Waals surface area contributed by atoms with Crippen molar-refractivity contribution in [3.05, 3.63) is 58.5 Å². The number of nitrogens with two attached hydrogens (primary N) is 1. The van der Waals surface area contributed by atoms with Crippen molar-refractivity contribution in [3.8, 4) is 0 Å². The summed E-state index contributed by atoms with van der Waals surface area (Å²) in [6, 6.07) is 7.31. The number of anilines is 1. The van der Waals surface area contributed by atoms with Crippen LogP contribution in [0.4, 0.5) is 5.69 Å². The van der Waals surface area contributed by atoms with E-state index in [1.165, 1.54) is 11.8 Å². The molecule has 0 saturated carbocycles. The Morgan fingerprint density at radius 2 is 2.00 bits per heavy atom. The highest BCUT2D eigenvalue weighted by molar-refractivity contribution is 7.90. The van der Waals surface area contributed by atoms with E-state index in [9.17, 15) is 17.8 Å². The molecule has 1 heterocycles. The number of piperidine rings is 1. The van der Waals surface area contributed by atoms with E-state index >= 15 is 0 Å². The molecule has 1 aromatic carbocycles. The van der Waals surface area contributed by atoms with Gasteiger partial charge in [-0.25, -0.2) is 8.42 Å². The molecule has 1 fully saturated rings. The van der Waals surface area contributed by atoms with Gasteiger partial charge >= 0.3 is 0 Å². The van der Waals surface area contributed by atoms with E-state index in [4.69, 9.17) is 5.73 Å². The zero-order valence-electron chi connectivity index (χ0n) is 23.9. The molecule has 10 heteroatoms. The Morgan fingerprint density at radius 1 is 1.26 bits per heavy atom. The highest BCUT2D eigenvalue weighted by atomic mass is 32.2. The molecule has 3 unspecified atom stereocenters. The lowest BCUT2D eigenvalue weighted by atomic mass is 9.88. The van der Waals surface area contributed by atoms with Crippen LogP contribution in [0.3, 0.4) is 0 Å². The van der Waals surface area contributed by atoms with Gasteiger partial charge in [-0.2, -0.15) is 4.31 Å². The Morgan fingerprint density at radius 3 is 2.64 bits per heavy atom. The van der Waals surface area contributed by atoms with Crippen LogP contribution in [0.15, 0.2) is 63.4 Å². The summed E-state index contributed by atoms with van der Waals surface area (Å²) in [5.74, 6) is -0.312. The minimum Gasteiger partial charge on any atom is -0.612 e. The minimum absolute atomic E-state index is 0.0586. The molecule has 0 radical (unpaired) electrons. The van der Waals surface area contributed by atoms with Gasteiger partial charge in [-0.15, -0.1) is 0 Å². The first-order valence-electron chi connectivity index (χ1n) is 13.8. The topological polar surface area (TPSA) is 128 Å². The molecule has 1 aliphatic carbocycles. The van der Waals surface area contributed by atoms with Crippen LogP contribution in [0.1, 0.15) is 65.7 Å². The Labute approximate surface area is 237 Å². The second-order valence-electron chi connectivity index (χ2n) is 10.6. The van der Waals surface area contributed by atoms with Crippen LogP contribution in [0, 0.1) is 5.92 Å². The van der Waals surface area contributed by atoms with Crippen molar-refractivity contribution in [1.29, 1.82) is 0 Å². The van der Waals surface area contributed by atoms with Gasteiger partial charge in [0, 0.05) is 42.3 Å². The molecule has 1 saturated heterocycles. The van der Waals surface area contributed by atoms with Gasteiger partial charge in [0.15, 0.2) is 4.90 Å². The first kappa shape index (κ1) is 31.3. The van der Waals surface area contributed by atoms with Crippen molar-refractivity contribution < 1.29 is 17.8 Å². The van der Waals surface area contributed by atoms with Gasteiger partial charge < -0.3 is 20.9 Å². The van der Waals surface area contributed by atoms with Crippen molar-refractivity contribution in [2.45, 2.75) is 76.7 Å². The predicted molar refractivity (Wildman–Crippen MR) is 160 cm³/mol. The monoisotopic (exact) mass is 576 g/mol. The van der Waals surface area contributed by atoms with E-state index in [0.29, 0.717) is 42.1 Å². The molecule has 1 aliphatic heterocycles. The number of hydrogen-bond donors (Lipinski definition) is 3. The number of amides is 1. The smallest absolute Gasteiger partial charge is 0.250 e. The Bertz CT molecular complexity index is 1240. The average molecular weight is 577 g/mol. The van der Waals surface area contributed by atoms with Crippen molar-refractivity contribution in [3.63, 3.8) is 0 Å². The summed E-state index contributed by atoms with van der Waals surface area (Å²) >= 11 is -1.13. The number of nitrogens with one attached hydrogen (secondary N) is 2. The molecule has 39 heavy (non-hydrogen) atoms. The molecule has 0 spiro atoms. The summed E-state index contributed by atoms with van der Waals surface area (Å²) in [7, 11) is -3.26. The third kappa shape index (κ3) is 8.36. The summed E-state index contributed by atoms with van der Waals surface area (Å²) in [6.07, 6.45) is 10.6. The molecule has 8 nitrogen and oxygen atoms in total. The van der Waals surface area contributed by atoms with Gasteiger partial charge in [0.05, 0.1) is 11.8 Å². The number of carbonyl (C=O) groups excluding carboxylic acids is 1. The third-order valence-corrected chi connectivity index (χ3v) is 9.99. The zero-order valence-corrected chi connectivity index (χ0v) is 25.5. The van der Waals surface area contributed by atoms with E-state index in [-0.39, 0.29) is 12.0 Å². The van der Waals surface area contributed by atoms with Crippen LogP contribution in [-0.2, 0) is 26.0 Å². The van der Waals surface area contributed by atoms with Gasteiger partial charge in [-0.1, -0.05) is 32.4 Å². The molecule has 0 bridgehead atoms. The lowest BCUT2D eigenvalue weighted by Crippen LogP contribution is -2.48. The highest BCUT2D eigenvalue weighted by Gasteiger charge is 2.29. The SMILES string of the molecule is CC/C1=C(\NCC2CCCCN2S(C)(=O)=O)CC/C(C)=C(Nc2cccc([S+](C)[O-])c2)/C(C(N)=O)=C/CC1C. The van der Waals surface area contributed by atoms with Crippen molar-refractivity contribution in [2.75, 3.05) is 30.9 Å². The molecule has 3 atom stereocenters. The van der Waals surface area contributed by atoms with Crippen LogP contribution >= 0.6 is 0 Å². The number of carbonyl (C=O) groups is 1. The fourth-order valence-corrected chi connectivity index (χ4v) is 7.32. The number of sulfonamides is 1. The summed E-state index contributed by atoms with van der Waals surface area (Å²) in [4.78, 5) is 13.3. The second-order valence-corrected chi connectivity index (χ2v) is 14.0. The predicted octanol–water partition coefficient (Wildman–Crippen LogP) is 4.41. The van der Waals surface area contributed by atoms with Crippen LogP contribution in [-0.4, -0.2) is 54.8 Å². The molecular formula is C29H44N4O4S2. The number of allylic oxidation sites excluding steroid dienone is 4. The number of primary amides is 1. The van der Waals surface area contributed by atoms with Crippen LogP contribution in [0.2, 0.25) is 0 Å². The summed E-state index contributed by atoms with van der Waals surface area (Å²) in [6.45, 7) is 7.45. The average Bonchev–Trinajstić information content (AvgIpc) is 2.88. The fraction of sp³-hybridized carbons (Fsp3) is 0.552. The maximum atomic E-state index is 12.6. The van der Waals surface area contributed by atoms with Gasteiger partial charge in [-0.05, 0) is 85.8 Å². The second kappa shape index (κ2) is 13.9. The van der Waals surface area contributed by atoms with Crippen molar-refractivity contribution >= 4 is 32.8 Å². The lowest BCUT2D eigenvalue weighted by molar-refractivity contribution is -0.114. The van der Waals surface area contributed by atoms with E-state index in [2.05, 4.69) is 24.5 Å². The van der Waals surface area contributed by atoms with E-state index < -0.39 is 27.1 Å². The van der Waals surface area contributed by atoms with E-state index in [0.717, 1.165) is 49.1 Å². The Balaban J connectivity index is 1.93. The summed E-state index contributed by atoms with van der Waals surface area (Å²) in [5, 5.41) is 7.06. The first-order chi connectivity index (χ1) is 18.4. The largest absolute Gasteiger partial charge is 0.612 e. The maximum Gasteiger partial charge on any atom is 0.250 e. The normalized spacial score (nSPS) is 27.8. The van der Waals surface area contributed by atoms with Gasteiger partial charge in [-0.3, -0.25) is 4.79 Å². The van der Waals surface area contributed by atoms with Crippen LogP contribution in [0.25, 0.3) is 0 Å². The van der Waals surface area contributed by atoms with Crippen molar-refractivity contribution in [1.82, 2.24) is 9.62 Å². The molecule has 3 rings (SSSR count). The molecular weight excluding hydrogens is 532 g/mol. The summed E-state index contributed by atoms with van der Waals surface area (Å²) < 4.78 is 38.5. The maximum absolute atomic E-state index is 12.6. The Kier molecular flexibility index (Phi) is 11.1. The Hall–Kier alpha value is -2.27. The molecule has 4 N–H and O–H groups in total. The van der Waals surface area contributed by atoms with Crippen LogP contribution in [0.5, 0.6) is 0 Å². The van der Waals surface area contributed by atoms with E-state index in [1.54, 1.807) is 10.6 Å². The molecule has 216 valence electrons.